The van der Waals surface area contributed by atoms with Crippen LogP contribution in [0.2, 0.25) is 0 Å². The zero-order chi connectivity index (χ0) is 12.7. The first kappa shape index (κ1) is 17.9. The van der Waals surface area contributed by atoms with Crippen molar-refractivity contribution in [2.45, 2.75) is 36.6 Å². The molecule has 0 aromatic rings. The zero-order valence-corrected chi connectivity index (χ0v) is 11.7. The fourth-order valence-electron chi connectivity index (χ4n) is 1.48. The van der Waals surface area contributed by atoms with Gasteiger partial charge in [-0.05, 0) is 0 Å². The second kappa shape index (κ2) is 6.38. The maximum Gasteiger partial charge on any atom is 1.00 e. The third kappa shape index (κ3) is 4.20. The molecule has 11 heteroatoms. The second-order valence-corrected chi connectivity index (χ2v) is 4.64. The van der Waals surface area contributed by atoms with E-state index in [-0.39, 0.29) is 29.6 Å². The van der Waals surface area contributed by atoms with Crippen molar-refractivity contribution in [3.05, 3.63) is 0 Å². The number of phosphoric ester groups is 1. The van der Waals surface area contributed by atoms with Gasteiger partial charge in [0, 0.05) is 0 Å². The molecule has 3 unspecified atom stereocenters. The SMILES string of the molecule is O=P([O-])(O)OC1[C@H](O)[C@H](O)C(O)[C@H](O)[C@H]1O.[Na+]. The summed E-state index contributed by atoms with van der Waals surface area (Å²) in [7, 11) is -5.26. The van der Waals surface area contributed by atoms with E-state index in [0.717, 1.165) is 0 Å². The van der Waals surface area contributed by atoms with Crippen molar-refractivity contribution in [3.8, 4) is 0 Å². The minimum absolute atomic E-state index is 0. The van der Waals surface area contributed by atoms with Gasteiger partial charge in [-0.2, -0.15) is 0 Å². The Morgan fingerprint density at radius 2 is 1.18 bits per heavy atom. The van der Waals surface area contributed by atoms with Gasteiger partial charge in [-0.25, -0.2) is 0 Å². The standard InChI is InChI=1S/C6H13O9P.Na/c7-1-2(8)4(10)6(5(11)3(1)9)15-16(12,13)14;/h1-11H,(H2,12,13,14);/q;+1/p-1/t1?,2-,3+,4-,5-,6?;/m1./s1. The quantitative estimate of drug-likeness (QED) is 0.212. The summed E-state index contributed by atoms with van der Waals surface area (Å²) in [5, 5.41) is 46.0. The van der Waals surface area contributed by atoms with Gasteiger partial charge in [-0.1, -0.05) is 0 Å². The first-order valence-corrected chi connectivity index (χ1v) is 5.77. The van der Waals surface area contributed by atoms with E-state index in [1.165, 1.54) is 0 Å². The summed E-state index contributed by atoms with van der Waals surface area (Å²) < 4.78 is 14.3. The Balaban J connectivity index is 0.00000256. The Hall–Kier alpha value is 0.910. The molecule has 1 aliphatic rings. The topological polar surface area (TPSA) is 171 Å². The van der Waals surface area contributed by atoms with Crippen molar-refractivity contribution in [1.82, 2.24) is 0 Å². The molecule has 1 fully saturated rings. The molecule has 1 aliphatic carbocycles. The Labute approximate surface area is 118 Å². The predicted octanol–water partition coefficient (Wildman–Crippen LogP) is -7.35. The van der Waals surface area contributed by atoms with E-state index in [4.69, 9.17) is 10.00 Å². The molecule has 0 aromatic heterocycles. The first-order valence-electron chi connectivity index (χ1n) is 4.27. The van der Waals surface area contributed by atoms with Crippen LogP contribution < -0.4 is 34.5 Å². The molecule has 1 rings (SSSR count). The number of rotatable bonds is 2. The van der Waals surface area contributed by atoms with Crippen LogP contribution in [0.15, 0.2) is 0 Å². The van der Waals surface area contributed by atoms with Gasteiger partial charge in [0.05, 0.1) is 0 Å². The van der Waals surface area contributed by atoms with E-state index in [9.17, 15) is 29.9 Å². The van der Waals surface area contributed by atoms with Crippen LogP contribution in [0, 0.1) is 0 Å². The zero-order valence-electron chi connectivity index (χ0n) is 8.82. The largest absolute Gasteiger partial charge is 1.00 e. The van der Waals surface area contributed by atoms with Gasteiger partial charge in [0.1, 0.15) is 36.6 Å². The predicted molar refractivity (Wildman–Crippen MR) is 44.7 cm³/mol. The third-order valence-corrected chi connectivity index (χ3v) is 2.84. The molecule has 6 N–H and O–H groups in total. The molecule has 96 valence electrons. The van der Waals surface area contributed by atoms with E-state index in [1.807, 2.05) is 0 Å². The molecule has 0 radical (unpaired) electrons. The van der Waals surface area contributed by atoms with Crippen LogP contribution in [-0.4, -0.2) is 67.0 Å². The van der Waals surface area contributed by atoms with Gasteiger partial charge in [0.25, 0.3) is 7.82 Å². The van der Waals surface area contributed by atoms with Gasteiger partial charge in [0.15, 0.2) is 0 Å². The Morgan fingerprint density at radius 3 is 1.47 bits per heavy atom. The summed E-state index contributed by atoms with van der Waals surface area (Å²) in [6.45, 7) is 0. The van der Waals surface area contributed by atoms with Crippen molar-refractivity contribution in [1.29, 1.82) is 0 Å². The van der Waals surface area contributed by atoms with E-state index in [2.05, 4.69) is 4.52 Å². The molecule has 0 bridgehead atoms. The molecule has 17 heavy (non-hydrogen) atoms. The molecule has 1 saturated carbocycles. The Morgan fingerprint density at radius 1 is 0.882 bits per heavy atom. The van der Waals surface area contributed by atoms with Gasteiger partial charge in [-0.15, -0.1) is 0 Å². The smallest absolute Gasteiger partial charge is 0.756 e. The number of hydrogen-bond acceptors (Lipinski definition) is 8. The molecule has 0 aliphatic heterocycles. The van der Waals surface area contributed by atoms with Gasteiger partial charge in [0.2, 0.25) is 0 Å². The van der Waals surface area contributed by atoms with E-state index >= 15 is 0 Å². The van der Waals surface area contributed by atoms with Crippen molar-refractivity contribution >= 4 is 7.82 Å². The monoisotopic (exact) mass is 282 g/mol. The number of phosphoric acid groups is 1. The minimum atomic E-state index is -5.26. The van der Waals surface area contributed by atoms with E-state index < -0.39 is 44.4 Å². The Bertz CT molecular complexity index is 279. The van der Waals surface area contributed by atoms with Crippen LogP contribution in [0.3, 0.4) is 0 Å². The summed E-state index contributed by atoms with van der Waals surface area (Å²) >= 11 is 0. The van der Waals surface area contributed by atoms with Crippen molar-refractivity contribution in [3.63, 3.8) is 0 Å². The summed E-state index contributed by atoms with van der Waals surface area (Å²) in [5.74, 6) is 0. The van der Waals surface area contributed by atoms with Crippen LogP contribution in [0.4, 0.5) is 0 Å². The summed E-state index contributed by atoms with van der Waals surface area (Å²) in [5.41, 5.74) is 0. The van der Waals surface area contributed by atoms with Gasteiger partial charge in [-0.3, -0.25) is 4.57 Å². The van der Waals surface area contributed by atoms with E-state index in [0.29, 0.717) is 0 Å². The molecule has 0 heterocycles. The second-order valence-electron chi connectivity index (χ2n) is 3.49. The molecule has 9 nitrogen and oxygen atoms in total. The summed E-state index contributed by atoms with van der Waals surface area (Å²) in [4.78, 5) is 18.8. The van der Waals surface area contributed by atoms with Crippen LogP contribution >= 0.6 is 7.82 Å². The summed E-state index contributed by atoms with van der Waals surface area (Å²) in [6.07, 6.45) is -11.6. The number of aliphatic hydroxyl groups excluding tert-OH is 5. The molecular weight excluding hydrogens is 270 g/mol. The maximum atomic E-state index is 10.4. The molecule has 0 saturated heterocycles. The average Bonchev–Trinajstić information content (AvgIpc) is 2.17. The molecule has 0 amide bonds. The first-order chi connectivity index (χ1) is 7.15. The molecule has 0 aromatic carbocycles. The van der Waals surface area contributed by atoms with Crippen molar-refractivity contribution in [2.75, 3.05) is 0 Å². The third-order valence-electron chi connectivity index (χ3n) is 2.33. The van der Waals surface area contributed by atoms with Gasteiger partial charge >= 0.3 is 29.6 Å². The fraction of sp³-hybridized carbons (Fsp3) is 1.00. The average molecular weight is 282 g/mol. The normalized spacial score (nSPS) is 45.8. The number of hydrogen-bond donors (Lipinski definition) is 6. The summed E-state index contributed by atoms with van der Waals surface area (Å²) in [6, 6.07) is 0. The minimum Gasteiger partial charge on any atom is -0.756 e. The number of aliphatic hydroxyl groups is 5. The molecule has 0 spiro atoms. The molecular formula is C6H12NaO9P. The molecule has 7 atom stereocenters. The fourth-order valence-corrected chi connectivity index (χ4v) is 2.03. The van der Waals surface area contributed by atoms with E-state index in [1.54, 1.807) is 0 Å². The maximum absolute atomic E-state index is 10.4. The Kier molecular flexibility index (Phi) is 6.72. The van der Waals surface area contributed by atoms with Crippen LogP contribution in [-0.2, 0) is 9.09 Å². The van der Waals surface area contributed by atoms with Crippen molar-refractivity contribution < 1.29 is 74.0 Å². The van der Waals surface area contributed by atoms with Crippen LogP contribution in [0.1, 0.15) is 0 Å². The van der Waals surface area contributed by atoms with Crippen molar-refractivity contribution in [2.24, 2.45) is 0 Å². The van der Waals surface area contributed by atoms with Gasteiger partial charge < -0.3 is 39.8 Å². The van der Waals surface area contributed by atoms with Crippen LogP contribution in [0.5, 0.6) is 0 Å². The van der Waals surface area contributed by atoms with Crippen LogP contribution in [0.25, 0.3) is 0 Å².